The van der Waals surface area contributed by atoms with Crippen molar-refractivity contribution in [3.05, 3.63) is 54.1 Å². The molecule has 1 aliphatic rings. The molecule has 0 aromatic heterocycles. The van der Waals surface area contributed by atoms with Gasteiger partial charge in [0.15, 0.2) is 6.10 Å². The predicted molar refractivity (Wildman–Crippen MR) is 112 cm³/mol. The molecule has 2 aromatic carbocycles. The third kappa shape index (κ3) is 5.17. The third-order valence-corrected chi connectivity index (χ3v) is 5.52. The normalized spacial score (nSPS) is 14.1. The molecule has 0 saturated heterocycles. The molecule has 1 amide bonds. The first-order valence-electron chi connectivity index (χ1n) is 9.48. The van der Waals surface area contributed by atoms with Gasteiger partial charge in [0.25, 0.3) is 0 Å². The number of hydrogen-bond donors (Lipinski definition) is 0. The first-order valence-corrected chi connectivity index (χ1v) is 10.5. The van der Waals surface area contributed by atoms with Crippen LogP contribution in [0.25, 0.3) is 0 Å². The SMILES string of the molecule is CCOc1ccc(C(=O)[C@@H](C)OC(=O)CCN2C(=O)CSc3ccccc32)cc1. The summed E-state index contributed by atoms with van der Waals surface area (Å²) in [6, 6.07) is 14.3. The van der Waals surface area contributed by atoms with E-state index in [2.05, 4.69) is 0 Å². The summed E-state index contributed by atoms with van der Waals surface area (Å²) in [4.78, 5) is 39.6. The number of hydrogen-bond acceptors (Lipinski definition) is 6. The zero-order valence-corrected chi connectivity index (χ0v) is 17.2. The van der Waals surface area contributed by atoms with Gasteiger partial charge in [-0.15, -0.1) is 11.8 Å². The van der Waals surface area contributed by atoms with E-state index in [1.807, 2.05) is 31.2 Å². The number of esters is 1. The van der Waals surface area contributed by atoms with Crippen molar-refractivity contribution in [1.82, 2.24) is 0 Å². The second kappa shape index (κ2) is 9.60. The molecule has 29 heavy (non-hydrogen) atoms. The second-order valence-electron chi connectivity index (χ2n) is 6.51. The lowest BCUT2D eigenvalue weighted by Crippen LogP contribution is -2.37. The summed E-state index contributed by atoms with van der Waals surface area (Å²) >= 11 is 1.49. The Labute approximate surface area is 174 Å². The summed E-state index contributed by atoms with van der Waals surface area (Å²) in [5, 5.41) is 0. The maximum absolute atomic E-state index is 12.5. The number of amides is 1. The lowest BCUT2D eigenvalue weighted by molar-refractivity contribution is -0.146. The molecule has 0 radical (unpaired) electrons. The Morgan fingerprint density at radius 2 is 1.86 bits per heavy atom. The van der Waals surface area contributed by atoms with E-state index in [0.29, 0.717) is 23.7 Å². The maximum Gasteiger partial charge on any atom is 0.308 e. The fraction of sp³-hybridized carbons (Fsp3) is 0.318. The molecule has 152 valence electrons. The number of fused-ring (bicyclic) bond motifs is 1. The first-order chi connectivity index (χ1) is 14.0. The smallest absolute Gasteiger partial charge is 0.308 e. The predicted octanol–water partition coefficient (Wildman–Crippen LogP) is 3.73. The molecule has 0 aliphatic carbocycles. The van der Waals surface area contributed by atoms with Crippen LogP contribution in [-0.4, -0.2) is 42.7 Å². The molecule has 0 fully saturated rings. The Balaban J connectivity index is 1.55. The molecule has 1 atom stereocenters. The van der Waals surface area contributed by atoms with Crippen LogP contribution in [0.5, 0.6) is 5.75 Å². The van der Waals surface area contributed by atoms with E-state index in [4.69, 9.17) is 9.47 Å². The Morgan fingerprint density at radius 1 is 1.14 bits per heavy atom. The van der Waals surface area contributed by atoms with Gasteiger partial charge in [-0.2, -0.15) is 0 Å². The first kappa shape index (κ1) is 20.9. The van der Waals surface area contributed by atoms with Crippen LogP contribution in [0.4, 0.5) is 5.69 Å². The number of rotatable bonds is 8. The van der Waals surface area contributed by atoms with E-state index in [1.54, 1.807) is 36.1 Å². The molecule has 0 saturated carbocycles. The molecule has 7 heteroatoms. The molecule has 1 aliphatic heterocycles. The van der Waals surface area contributed by atoms with E-state index in [1.165, 1.54) is 11.8 Å². The molecule has 0 spiro atoms. The van der Waals surface area contributed by atoms with Crippen LogP contribution in [0.2, 0.25) is 0 Å². The van der Waals surface area contributed by atoms with Crippen molar-refractivity contribution in [1.29, 1.82) is 0 Å². The van der Waals surface area contributed by atoms with Crippen molar-refractivity contribution < 1.29 is 23.9 Å². The average molecular weight is 413 g/mol. The molecule has 2 aromatic rings. The van der Waals surface area contributed by atoms with Gasteiger partial charge in [0.1, 0.15) is 5.75 Å². The lowest BCUT2D eigenvalue weighted by atomic mass is 10.1. The van der Waals surface area contributed by atoms with Crippen LogP contribution >= 0.6 is 11.8 Å². The van der Waals surface area contributed by atoms with Crippen molar-refractivity contribution in [2.45, 2.75) is 31.3 Å². The van der Waals surface area contributed by atoms with E-state index in [-0.39, 0.29) is 24.7 Å². The number of ketones is 1. The number of nitrogens with zero attached hydrogens (tertiary/aromatic N) is 1. The minimum Gasteiger partial charge on any atom is -0.494 e. The fourth-order valence-corrected chi connectivity index (χ4v) is 3.96. The Bertz CT molecular complexity index is 896. The molecule has 6 nitrogen and oxygen atoms in total. The Kier molecular flexibility index (Phi) is 6.93. The number of thioether (sulfide) groups is 1. The van der Waals surface area contributed by atoms with Crippen molar-refractivity contribution in [3.8, 4) is 5.75 Å². The summed E-state index contributed by atoms with van der Waals surface area (Å²) in [7, 11) is 0. The standard InChI is InChI=1S/C22H23NO5S/c1-3-27-17-10-8-16(9-11-17)22(26)15(2)28-21(25)12-13-23-18-6-4-5-7-19(18)29-14-20(23)24/h4-11,15H,3,12-14H2,1-2H3/t15-/m1/s1. The van der Waals surface area contributed by atoms with Gasteiger partial charge in [-0.25, -0.2) is 0 Å². The number of benzene rings is 2. The summed E-state index contributed by atoms with van der Waals surface area (Å²) in [6.07, 6.45) is -0.883. The highest BCUT2D eigenvalue weighted by molar-refractivity contribution is 8.00. The Morgan fingerprint density at radius 3 is 2.59 bits per heavy atom. The van der Waals surface area contributed by atoms with Gasteiger partial charge in [-0.05, 0) is 50.2 Å². The van der Waals surface area contributed by atoms with Gasteiger partial charge in [0.2, 0.25) is 11.7 Å². The number of carbonyl (C=O) groups excluding carboxylic acids is 3. The van der Waals surface area contributed by atoms with Crippen LogP contribution in [-0.2, 0) is 14.3 Å². The molecule has 0 unspecified atom stereocenters. The minimum atomic E-state index is -0.902. The second-order valence-corrected chi connectivity index (χ2v) is 7.52. The zero-order valence-electron chi connectivity index (χ0n) is 16.4. The van der Waals surface area contributed by atoms with Gasteiger partial charge in [0, 0.05) is 17.0 Å². The van der Waals surface area contributed by atoms with E-state index >= 15 is 0 Å². The number of carbonyl (C=O) groups is 3. The van der Waals surface area contributed by atoms with E-state index in [0.717, 1.165) is 10.6 Å². The highest BCUT2D eigenvalue weighted by Gasteiger charge is 2.26. The van der Waals surface area contributed by atoms with Crippen LogP contribution in [0, 0.1) is 0 Å². The van der Waals surface area contributed by atoms with E-state index < -0.39 is 12.1 Å². The van der Waals surface area contributed by atoms with Gasteiger partial charge in [0.05, 0.1) is 24.5 Å². The highest BCUT2D eigenvalue weighted by Crippen LogP contribution is 2.34. The topological polar surface area (TPSA) is 72.9 Å². The number of para-hydroxylation sites is 1. The minimum absolute atomic E-state index is 0.0195. The van der Waals surface area contributed by atoms with Crippen molar-refractivity contribution in [2.24, 2.45) is 0 Å². The average Bonchev–Trinajstić information content (AvgIpc) is 2.73. The monoisotopic (exact) mass is 413 g/mol. The van der Waals surface area contributed by atoms with E-state index in [9.17, 15) is 14.4 Å². The quantitative estimate of drug-likeness (QED) is 0.485. The molecular weight excluding hydrogens is 390 g/mol. The highest BCUT2D eigenvalue weighted by atomic mass is 32.2. The van der Waals surface area contributed by atoms with Gasteiger partial charge >= 0.3 is 5.97 Å². The molecule has 1 heterocycles. The van der Waals surface area contributed by atoms with Crippen molar-refractivity contribution >= 4 is 35.1 Å². The number of Topliss-reactive ketones (excluding diaryl/α,β-unsaturated/α-hetero) is 1. The van der Waals surface area contributed by atoms with Gasteiger partial charge < -0.3 is 14.4 Å². The lowest BCUT2D eigenvalue weighted by Gasteiger charge is -2.28. The zero-order chi connectivity index (χ0) is 20.8. The van der Waals surface area contributed by atoms with Crippen molar-refractivity contribution in [2.75, 3.05) is 23.8 Å². The largest absolute Gasteiger partial charge is 0.494 e. The summed E-state index contributed by atoms with van der Waals surface area (Å²) < 4.78 is 10.7. The molecule has 0 N–H and O–H groups in total. The molecule has 3 rings (SSSR count). The third-order valence-electron chi connectivity index (χ3n) is 4.48. The van der Waals surface area contributed by atoms with Gasteiger partial charge in [-0.3, -0.25) is 14.4 Å². The number of anilines is 1. The number of ether oxygens (including phenoxy) is 2. The molecule has 0 bridgehead atoms. The molecular formula is C22H23NO5S. The Hall–Kier alpha value is -2.80. The van der Waals surface area contributed by atoms with Crippen LogP contribution < -0.4 is 9.64 Å². The van der Waals surface area contributed by atoms with Crippen molar-refractivity contribution in [3.63, 3.8) is 0 Å². The maximum atomic E-state index is 12.5. The van der Waals surface area contributed by atoms with Crippen LogP contribution in [0.1, 0.15) is 30.6 Å². The summed E-state index contributed by atoms with van der Waals surface area (Å²) in [5.74, 6) is 0.189. The van der Waals surface area contributed by atoms with Gasteiger partial charge in [-0.1, -0.05) is 12.1 Å². The summed E-state index contributed by atoms with van der Waals surface area (Å²) in [5.41, 5.74) is 1.26. The van der Waals surface area contributed by atoms with Crippen LogP contribution in [0.15, 0.2) is 53.4 Å². The van der Waals surface area contributed by atoms with Crippen LogP contribution in [0.3, 0.4) is 0 Å². The fourth-order valence-electron chi connectivity index (χ4n) is 3.03. The summed E-state index contributed by atoms with van der Waals surface area (Å²) in [6.45, 7) is 4.20.